The van der Waals surface area contributed by atoms with Crippen LogP contribution in [0.3, 0.4) is 0 Å². The minimum Gasteiger partial charge on any atom is -0.454 e. The summed E-state index contributed by atoms with van der Waals surface area (Å²) in [5.74, 6) is -0.903. The average Bonchev–Trinajstić information content (AvgIpc) is 2.74. The Balaban J connectivity index is 1.62. The molecular formula is C22H17ClN4O4. The maximum atomic E-state index is 12.6. The Bertz CT molecular complexity index is 1420. The number of benzene rings is 1. The standard InChI is InChI=1S/C22H17ClN4O4/c1-13-4-3-9-26-19(29)11-16(24-21(13)26)12-31-22(30)20-18(28)10-14(2)27(25-20)17-7-5-15(23)6-8-17/h3-11H,12H2,1-2H3. The Morgan fingerprint density at radius 1 is 1.10 bits per heavy atom. The van der Waals surface area contributed by atoms with E-state index in [1.807, 2.05) is 13.0 Å². The van der Waals surface area contributed by atoms with Crippen LogP contribution in [0.15, 0.2) is 64.3 Å². The average molecular weight is 437 g/mol. The van der Waals surface area contributed by atoms with Crippen molar-refractivity contribution in [3.8, 4) is 5.69 Å². The highest BCUT2D eigenvalue weighted by atomic mass is 35.5. The summed E-state index contributed by atoms with van der Waals surface area (Å²) in [5, 5.41) is 4.72. The predicted octanol–water partition coefficient (Wildman–Crippen LogP) is 2.87. The van der Waals surface area contributed by atoms with E-state index in [2.05, 4.69) is 10.1 Å². The van der Waals surface area contributed by atoms with E-state index in [9.17, 15) is 14.4 Å². The number of rotatable bonds is 4. The largest absolute Gasteiger partial charge is 0.454 e. The number of pyridine rings is 1. The summed E-state index contributed by atoms with van der Waals surface area (Å²) in [6.45, 7) is 3.26. The van der Waals surface area contributed by atoms with E-state index in [0.29, 0.717) is 22.1 Å². The SMILES string of the molecule is Cc1cccn2c(=O)cc(COC(=O)c3nn(-c4ccc(Cl)cc4)c(C)cc3=O)nc12. The van der Waals surface area contributed by atoms with Crippen molar-refractivity contribution in [2.24, 2.45) is 0 Å². The highest BCUT2D eigenvalue weighted by Gasteiger charge is 2.18. The first-order valence-electron chi connectivity index (χ1n) is 9.35. The molecule has 0 N–H and O–H groups in total. The number of carbonyl (C=O) groups is 1. The van der Waals surface area contributed by atoms with Gasteiger partial charge in [-0.3, -0.25) is 14.0 Å². The van der Waals surface area contributed by atoms with Crippen LogP contribution in [-0.4, -0.2) is 25.1 Å². The van der Waals surface area contributed by atoms with Crippen molar-refractivity contribution in [1.82, 2.24) is 19.2 Å². The molecule has 4 aromatic rings. The van der Waals surface area contributed by atoms with E-state index >= 15 is 0 Å². The van der Waals surface area contributed by atoms with Gasteiger partial charge >= 0.3 is 5.97 Å². The normalized spacial score (nSPS) is 10.9. The number of halogens is 1. The van der Waals surface area contributed by atoms with Crippen molar-refractivity contribution >= 4 is 23.2 Å². The fourth-order valence-electron chi connectivity index (χ4n) is 3.12. The van der Waals surface area contributed by atoms with Gasteiger partial charge in [0.05, 0.1) is 11.4 Å². The molecule has 156 valence electrons. The zero-order valence-electron chi connectivity index (χ0n) is 16.7. The molecule has 0 aliphatic rings. The van der Waals surface area contributed by atoms with E-state index in [1.54, 1.807) is 43.5 Å². The molecule has 3 heterocycles. The zero-order valence-corrected chi connectivity index (χ0v) is 17.5. The van der Waals surface area contributed by atoms with Crippen LogP contribution in [0.4, 0.5) is 0 Å². The molecule has 31 heavy (non-hydrogen) atoms. The maximum absolute atomic E-state index is 12.6. The molecule has 9 heteroatoms. The Morgan fingerprint density at radius 2 is 1.84 bits per heavy atom. The van der Waals surface area contributed by atoms with Gasteiger partial charge in [0.25, 0.3) is 5.56 Å². The van der Waals surface area contributed by atoms with Gasteiger partial charge in [0.1, 0.15) is 12.3 Å². The molecule has 3 aromatic heterocycles. The van der Waals surface area contributed by atoms with Gasteiger partial charge in [-0.25, -0.2) is 14.5 Å². The number of fused-ring (bicyclic) bond motifs is 1. The molecule has 0 amide bonds. The minimum absolute atomic E-state index is 0.269. The van der Waals surface area contributed by atoms with Gasteiger partial charge < -0.3 is 4.74 Å². The van der Waals surface area contributed by atoms with Gasteiger partial charge in [-0.2, -0.15) is 5.10 Å². The summed E-state index contributed by atoms with van der Waals surface area (Å²) in [7, 11) is 0. The van der Waals surface area contributed by atoms with Crippen molar-refractivity contribution in [1.29, 1.82) is 0 Å². The molecule has 1 aromatic carbocycles. The van der Waals surface area contributed by atoms with E-state index in [-0.39, 0.29) is 23.6 Å². The lowest BCUT2D eigenvalue weighted by Crippen LogP contribution is -2.24. The van der Waals surface area contributed by atoms with Gasteiger partial charge in [-0.1, -0.05) is 17.7 Å². The molecule has 0 aliphatic heterocycles. The van der Waals surface area contributed by atoms with Crippen molar-refractivity contribution < 1.29 is 9.53 Å². The number of aryl methyl sites for hydroxylation is 2. The molecule has 0 saturated heterocycles. The first-order chi connectivity index (χ1) is 14.8. The predicted molar refractivity (Wildman–Crippen MR) is 115 cm³/mol. The summed E-state index contributed by atoms with van der Waals surface area (Å²) in [6, 6.07) is 13.0. The number of ether oxygens (including phenoxy) is 1. The molecule has 0 radical (unpaired) electrons. The van der Waals surface area contributed by atoms with Gasteiger partial charge in [-0.05, 0) is 49.7 Å². The summed E-state index contributed by atoms with van der Waals surface area (Å²) < 4.78 is 8.11. The third kappa shape index (κ3) is 4.10. The lowest BCUT2D eigenvalue weighted by atomic mass is 10.3. The topological polar surface area (TPSA) is 95.6 Å². The Kier molecular flexibility index (Phi) is 5.39. The monoisotopic (exact) mass is 436 g/mol. The first kappa shape index (κ1) is 20.5. The third-order valence-electron chi connectivity index (χ3n) is 4.66. The fourth-order valence-corrected chi connectivity index (χ4v) is 3.25. The first-order valence-corrected chi connectivity index (χ1v) is 9.73. The number of aromatic nitrogens is 4. The van der Waals surface area contributed by atoms with Crippen molar-refractivity contribution in [3.63, 3.8) is 0 Å². The number of nitrogens with zero attached hydrogens (tertiary/aromatic N) is 4. The van der Waals surface area contributed by atoms with Crippen molar-refractivity contribution in [3.05, 3.63) is 103 Å². The van der Waals surface area contributed by atoms with Crippen molar-refractivity contribution in [2.45, 2.75) is 20.5 Å². The Hall–Kier alpha value is -3.78. The van der Waals surface area contributed by atoms with E-state index in [0.717, 1.165) is 5.56 Å². The van der Waals surface area contributed by atoms with Crippen LogP contribution in [0, 0.1) is 13.8 Å². The lowest BCUT2D eigenvalue weighted by molar-refractivity contribution is 0.0456. The summed E-state index contributed by atoms with van der Waals surface area (Å²) in [6.07, 6.45) is 1.61. The summed E-state index contributed by atoms with van der Waals surface area (Å²) >= 11 is 5.92. The highest BCUT2D eigenvalue weighted by molar-refractivity contribution is 6.30. The van der Waals surface area contributed by atoms with Crippen LogP contribution in [0.1, 0.15) is 27.4 Å². The fraction of sp³-hybridized carbons (Fsp3) is 0.136. The maximum Gasteiger partial charge on any atom is 0.363 e. The molecule has 8 nitrogen and oxygen atoms in total. The number of esters is 1. The van der Waals surface area contributed by atoms with Crippen LogP contribution < -0.4 is 11.0 Å². The second-order valence-electron chi connectivity index (χ2n) is 6.93. The van der Waals surface area contributed by atoms with E-state index in [1.165, 1.54) is 21.2 Å². The molecular weight excluding hydrogens is 420 g/mol. The molecule has 0 aliphatic carbocycles. The van der Waals surface area contributed by atoms with Gasteiger partial charge in [0.2, 0.25) is 11.1 Å². The third-order valence-corrected chi connectivity index (χ3v) is 4.91. The summed E-state index contributed by atoms with van der Waals surface area (Å²) in [5.41, 5.74) is 1.51. The smallest absolute Gasteiger partial charge is 0.363 e. The molecule has 4 rings (SSSR count). The quantitative estimate of drug-likeness (QED) is 0.456. The Morgan fingerprint density at radius 3 is 2.58 bits per heavy atom. The lowest BCUT2D eigenvalue weighted by Gasteiger charge is -2.11. The van der Waals surface area contributed by atoms with Gasteiger partial charge in [-0.15, -0.1) is 0 Å². The molecule has 0 atom stereocenters. The van der Waals surface area contributed by atoms with Crippen molar-refractivity contribution in [2.75, 3.05) is 0 Å². The van der Waals surface area contributed by atoms with Crippen LogP contribution in [0.25, 0.3) is 11.3 Å². The second-order valence-corrected chi connectivity index (χ2v) is 7.37. The summed E-state index contributed by atoms with van der Waals surface area (Å²) in [4.78, 5) is 41.6. The molecule has 0 spiro atoms. The minimum atomic E-state index is -0.903. The van der Waals surface area contributed by atoms with Crippen LogP contribution >= 0.6 is 11.6 Å². The number of hydrogen-bond acceptors (Lipinski definition) is 6. The molecule has 0 saturated carbocycles. The van der Waals surface area contributed by atoms with Crippen LogP contribution in [0.2, 0.25) is 5.02 Å². The number of carbonyl (C=O) groups excluding carboxylic acids is 1. The Labute approximate surface area is 181 Å². The van der Waals surface area contributed by atoms with Gasteiger partial charge in [0.15, 0.2) is 0 Å². The molecule has 0 unspecified atom stereocenters. The number of hydrogen-bond donors (Lipinski definition) is 0. The molecule has 0 bridgehead atoms. The second kappa shape index (κ2) is 8.16. The van der Waals surface area contributed by atoms with Crippen LogP contribution in [0.5, 0.6) is 0 Å². The van der Waals surface area contributed by atoms with Gasteiger partial charge in [0, 0.05) is 29.0 Å². The van der Waals surface area contributed by atoms with E-state index in [4.69, 9.17) is 16.3 Å². The van der Waals surface area contributed by atoms with Crippen LogP contribution in [-0.2, 0) is 11.3 Å². The van der Waals surface area contributed by atoms with E-state index < -0.39 is 11.4 Å². The molecule has 0 fully saturated rings. The zero-order chi connectivity index (χ0) is 22.1. The highest BCUT2D eigenvalue weighted by Crippen LogP contribution is 2.14.